The van der Waals surface area contributed by atoms with Crippen LogP contribution in [0.5, 0.6) is 0 Å². The van der Waals surface area contributed by atoms with Gasteiger partial charge in [0.15, 0.2) is 0 Å². The van der Waals surface area contributed by atoms with Crippen molar-refractivity contribution in [1.82, 2.24) is 0 Å². The highest BCUT2D eigenvalue weighted by Gasteiger charge is 2.28. The van der Waals surface area contributed by atoms with Crippen molar-refractivity contribution >= 4 is 56.2 Å². The van der Waals surface area contributed by atoms with E-state index in [1.807, 2.05) is 0 Å². The summed E-state index contributed by atoms with van der Waals surface area (Å²) < 4.78 is 0. The van der Waals surface area contributed by atoms with E-state index in [0.29, 0.717) is 0 Å². The monoisotopic (exact) mass is 514 g/mol. The summed E-state index contributed by atoms with van der Waals surface area (Å²) in [6, 6.07) is 42.5. The summed E-state index contributed by atoms with van der Waals surface area (Å²) in [4.78, 5) is 0. The Balaban J connectivity index is 0.00000193. The quantitative estimate of drug-likeness (QED) is 0.194. The first-order valence-electron chi connectivity index (χ1n) is 10.0. The van der Waals surface area contributed by atoms with Gasteiger partial charge >= 0.3 is 0 Å². The van der Waals surface area contributed by atoms with E-state index in [1.165, 1.54) is 48.2 Å². The molecule has 0 aliphatic heterocycles. The number of hydrogen-bond acceptors (Lipinski definition) is 0. The highest BCUT2D eigenvalue weighted by Crippen LogP contribution is 2.40. The first kappa shape index (κ1) is 19.5. The topological polar surface area (TPSA) is 0 Å². The molecule has 0 nitrogen and oxygen atoms in total. The minimum atomic E-state index is -1.10. The first-order valence-corrected chi connectivity index (χ1v) is 11.5. The Morgan fingerprint density at radius 2 is 0.900 bits per heavy atom. The van der Waals surface area contributed by atoms with Gasteiger partial charge in [0, 0.05) is 10.8 Å². The van der Waals surface area contributed by atoms with Gasteiger partial charge in [-0.2, -0.15) is 0 Å². The summed E-state index contributed by atoms with van der Waals surface area (Å²) in [5.41, 5.74) is 0. The summed E-state index contributed by atoms with van der Waals surface area (Å²) in [5, 5.41) is 12.5. The standard InChI is InChI=1S/C28H19P.HI/c1-3-10-23(11-4-1)29(24-12-5-2-6-13-24)26-19-17-22-15-14-20-8-7-9-21-16-18-25(26)28(22)27(20)21;/h1-19H;1H. The van der Waals surface area contributed by atoms with E-state index >= 15 is 0 Å². The lowest BCUT2D eigenvalue weighted by Gasteiger charge is -2.16. The van der Waals surface area contributed by atoms with Crippen molar-refractivity contribution in [3.8, 4) is 0 Å². The largest absolute Gasteiger partial charge is 1.00 e. The molecule has 6 aromatic rings. The van der Waals surface area contributed by atoms with Crippen LogP contribution in [0.3, 0.4) is 0 Å². The molecule has 0 amide bonds. The molecule has 0 radical (unpaired) electrons. The SMILES string of the molecule is [I-].c1ccc([PH+](c2ccccc2)c2ccc3ccc4cccc5ccc2c3c45)cc1. The molecule has 0 atom stereocenters. The van der Waals surface area contributed by atoms with Crippen LogP contribution in [0.1, 0.15) is 0 Å². The van der Waals surface area contributed by atoms with Crippen LogP contribution in [0.15, 0.2) is 115 Å². The Bertz CT molecular complexity index is 1390. The zero-order valence-electron chi connectivity index (χ0n) is 16.3. The predicted molar refractivity (Wildman–Crippen MR) is 130 cm³/mol. The maximum atomic E-state index is 2.37. The molecular weight excluding hydrogens is 494 g/mol. The lowest BCUT2D eigenvalue weighted by Crippen LogP contribution is -3.00. The van der Waals surface area contributed by atoms with Crippen LogP contribution in [0.4, 0.5) is 0 Å². The first-order chi connectivity index (χ1) is 14.4. The Hall–Kier alpha value is -2.48. The third kappa shape index (κ3) is 3.09. The van der Waals surface area contributed by atoms with Crippen molar-refractivity contribution in [2.75, 3.05) is 0 Å². The van der Waals surface area contributed by atoms with Gasteiger partial charge < -0.3 is 24.0 Å². The molecule has 0 bridgehead atoms. The van der Waals surface area contributed by atoms with Gasteiger partial charge in [-0.1, -0.05) is 78.9 Å². The fourth-order valence-corrected chi connectivity index (χ4v) is 7.38. The second-order valence-corrected chi connectivity index (χ2v) is 10.0. The molecule has 2 heteroatoms. The van der Waals surface area contributed by atoms with Gasteiger partial charge in [0.05, 0.1) is 7.92 Å². The highest BCUT2D eigenvalue weighted by atomic mass is 127. The molecule has 30 heavy (non-hydrogen) atoms. The Labute approximate surface area is 194 Å². The van der Waals surface area contributed by atoms with Crippen LogP contribution in [-0.2, 0) is 0 Å². The van der Waals surface area contributed by atoms with Crippen molar-refractivity contribution < 1.29 is 24.0 Å². The average molecular weight is 514 g/mol. The second-order valence-electron chi connectivity index (χ2n) is 7.58. The minimum Gasteiger partial charge on any atom is -1.00 e. The number of rotatable bonds is 3. The summed E-state index contributed by atoms with van der Waals surface area (Å²) >= 11 is 0. The Morgan fingerprint density at radius 3 is 1.50 bits per heavy atom. The van der Waals surface area contributed by atoms with Crippen LogP contribution >= 0.6 is 7.92 Å². The number of hydrogen-bond donors (Lipinski definition) is 0. The summed E-state index contributed by atoms with van der Waals surface area (Å²) in [6.07, 6.45) is 0. The van der Waals surface area contributed by atoms with E-state index in [9.17, 15) is 0 Å². The summed E-state index contributed by atoms with van der Waals surface area (Å²) in [5.74, 6) is 0. The maximum absolute atomic E-state index is 2.37. The van der Waals surface area contributed by atoms with Gasteiger partial charge in [0.1, 0.15) is 15.9 Å². The van der Waals surface area contributed by atoms with Gasteiger partial charge in [-0.05, 0) is 57.9 Å². The second kappa shape index (κ2) is 7.98. The molecule has 0 heterocycles. The Morgan fingerprint density at radius 1 is 0.400 bits per heavy atom. The molecular formula is C28H20IP. The van der Waals surface area contributed by atoms with Gasteiger partial charge in [0.25, 0.3) is 0 Å². The van der Waals surface area contributed by atoms with Crippen molar-refractivity contribution in [3.63, 3.8) is 0 Å². The Kier molecular flexibility index (Phi) is 5.18. The van der Waals surface area contributed by atoms with Crippen molar-refractivity contribution in [3.05, 3.63) is 115 Å². The molecule has 0 aromatic heterocycles. The van der Waals surface area contributed by atoms with Crippen molar-refractivity contribution in [2.45, 2.75) is 0 Å². The molecule has 0 aliphatic carbocycles. The molecule has 144 valence electrons. The van der Waals surface area contributed by atoms with Gasteiger partial charge in [-0.25, -0.2) is 0 Å². The van der Waals surface area contributed by atoms with Crippen LogP contribution in [-0.4, -0.2) is 0 Å². The molecule has 0 fully saturated rings. The van der Waals surface area contributed by atoms with Crippen LogP contribution in [0.2, 0.25) is 0 Å². The number of benzene rings is 6. The molecule has 0 spiro atoms. The maximum Gasteiger partial charge on any atom is 0.110 e. The predicted octanol–water partition coefficient (Wildman–Crippen LogP) is 3.08. The van der Waals surface area contributed by atoms with Crippen LogP contribution in [0, 0.1) is 0 Å². The van der Waals surface area contributed by atoms with E-state index in [-0.39, 0.29) is 24.0 Å². The molecule has 0 saturated carbocycles. The van der Waals surface area contributed by atoms with E-state index in [2.05, 4.69) is 115 Å². The van der Waals surface area contributed by atoms with Gasteiger partial charge in [-0.15, -0.1) is 0 Å². The fourth-order valence-electron chi connectivity index (χ4n) is 4.64. The van der Waals surface area contributed by atoms with Gasteiger partial charge in [-0.3, -0.25) is 0 Å². The highest BCUT2D eigenvalue weighted by molar-refractivity contribution is 7.80. The summed E-state index contributed by atoms with van der Waals surface area (Å²) in [7, 11) is -1.10. The average Bonchev–Trinajstić information content (AvgIpc) is 2.80. The van der Waals surface area contributed by atoms with Crippen LogP contribution < -0.4 is 39.9 Å². The summed E-state index contributed by atoms with van der Waals surface area (Å²) in [6.45, 7) is 0. The molecule has 0 saturated heterocycles. The minimum absolute atomic E-state index is 0. The molecule has 6 aromatic carbocycles. The normalized spacial score (nSPS) is 11.4. The lowest BCUT2D eigenvalue weighted by atomic mass is 9.94. The third-order valence-corrected chi connectivity index (χ3v) is 8.72. The van der Waals surface area contributed by atoms with E-state index in [1.54, 1.807) is 0 Å². The lowest BCUT2D eigenvalue weighted by molar-refractivity contribution is -0.00000528. The van der Waals surface area contributed by atoms with Gasteiger partial charge in [0.2, 0.25) is 0 Å². The van der Waals surface area contributed by atoms with Crippen LogP contribution in [0.25, 0.3) is 32.3 Å². The van der Waals surface area contributed by atoms with Crippen molar-refractivity contribution in [2.24, 2.45) is 0 Å². The molecule has 0 N–H and O–H groups in total. The van der Waals surface area contributed by atoms with E-state index in [4.69, 9.17) is 0 Å². The molecule has 0 unspecified atom stereocenters. The zero-order valence-corrected chi connectivity index (χ0v) is 19.5. The van der Waals surface area contributed by atoms with E-state index in [0.717, 1.165) is 0 Å². The fraction of sp³-hybridized carbons (Fsp3) is 0. The smallest absolute Gasteiger partial charge is 0.110 e. The molecule has 0 aliphatic rings. The molecule has 6 rings (SSSR count). The zero-order chi connectivity index (χ0) is 19.2. The van der Waals surface area contributed by atoms with Crippen molar-refractivity contribution in [1.29, 1.82) is 0 Å². The number of halogens is 1. The third-order valence-electron chi connectivity index (χ3n) is 5.92. The van der Waals surface area contributed by atoms with E-state index < -0.39 is 7.92 Å².